The standard InChI is InChI=1S/C15H21N3O2/c1-10(16)14(11(2)17-3)9-18-15(19)12-5-7-13(20-4)8-6-12/h5-8H,9,16H2,1-4H3,(H,18,19). The monoisotopic (exact) mass is 275 g/mol. The van der Waals surface area contributed by atoms with Crippen LogP contribution in [-0.2, 0) is 0 Å². The van der Waals surface area contributed by atoms with Gasteiger partial charge in [-0.25, -0.2) is 0 Å². The molecule has 0 spiro atoms. The molecule has 0 unspecified atom stereocenters. The smallest absolute Gasteiger partial charge is 0.251 e. The Labute approximate surface area is 119 Å². The Balaban J connectivity index is 2.73. The number of carbonyl (C=O) groups is 1. The number of rotatable bonds is 5. The quantitative estimate of drug-likeness (QED) is 0.804. The maximum Gasteiger partial charge on any atom is 0.251 e. The molecule has 0 radical (unpaired) electrons. The molecule has 0 bridgehead atoms. The predicted molar refractivity (Wildman–Crippen MR) is 81.2 cm³/mol. The number of methoxy groups -OCH3 is 1. The van der Waals surface area contributed by atoms with Crippen molar-refractivity contribution in [2.24, 2.45) is 10.7 Å². The van der Waals surface area contributed by atoms with Gasteiger partial charge >= 0.3 is 0 Å². The zero-order chi connectivity index (χ0) is 15.1. The molecule has 0 aliphatic heterocycles. The van der Waals surface area contributed by atoms with Gasteiger partial charge in [-0.05, 0) is 38.1 Å². The molecule has 0 aromatic heterocycles. The fraction of sp³-hybridized carbons (Fsp3) is 0.333. The van der Waals surface area contributed by atoms with E-state index < -0.39 is 0 Å². The second-order valence-corrected chi connectivity index (χ2v) is 4.38. The third-order valence-electron chi connectivity index (χ3n) is 3.03. The lowest BCUT2D eigenvalue weighted by Crippen LogP contribution is -2.28. The molecule has 108 valence electrons. The van der Waals surface area contributed by atoms with E-state index in [1.807, 2.05) is 6.92 Å². The lowest BCUT2D eigenvalue weighted by atomic mass is 10.1. The van der Waals surface area contributed by atoms with Crippen molar-refractivity contribution >= 4 is 11.6 Å². The summed E-state index contributed by atoms with van der Waals surface area (Å²) in [6.45, 7) is 4.02. The average molecular weight is 275 g/mol. The molecule has 1 aromatic carbocycles. The largest absolute Gasteiger partial charge is 0.497 e. The Hall–Kier alpha value is -2.30. The van der Waals surface area contributed by atoms with Gasteiger partial charge in [0.05, 0.1) is 7.11 Å². The van der Waals surface area contributed by atoms with Crippen LogP contribution in [0.3, 0.4) is 0 Å². The van der Waals surface area contributed by atoms with Gasteiger partial charge in [-0.2, -0.15) is 0 Å². The molecule has 5 nitrogen and oxygen atoms in total. The summed E-state index contributed by atoms with van der Waals surface area (Å²) in [7, 11) is 3.28. The topological polar surface area (TPSA) is 76.7 Å². The first-order valence-electron chi connectivity index (χ1n) is 6.30. The van der Waals surface area contributed by atoms with Crippen LogP contribution in [0.1, 0.15) is 24.2 Å². The highest BCUT2D eigenvalue weighted by atomic mass is 16.5. The van der Waals surface area contributed by atoms with Crippen LogP contribution in [-0.4, -0.2) is 32.3 Å². The number of nitrogens with two attached hydrogens (primary N) is 1. The number of ether oxygens (including phenoxy) is 1. The van der Waals surface area contributed by atoms with E-state index in [1.165, 1.54) is 0 Å². The second kappa shape index (κ2) is 7.33. The zero-order valence-electron chi connectivity index (χ0n) is 12.4. The number of hydrogen-bond donors (Lipinski definition) is 2. The highest BCUT2D eigenvalue weighted by Crippen LogP contribution is 2.11. The zero-order valence-corrected chi connectivity index (χ0v) is 12.4. The summed E-state index contributed by atoms with van der Waals surface area (Å²) in [6, 6.07) is 6.93. The van der Waals surface area contributed by atoms with Gasteiger partial charge in [-0.3, -0.25) is 9.79 Å². The molecular formula is C15H21N3O2. The van der Waals surface area contributed by atoms with E-state index in [9.17, 15) is 4.79 Å². The van der Waals surface area contributed by atoms with Gasteiger partial charge in [0.2, 0.25) is 0 Å². The normalized spacial score (nSPS) is 12.7. The van der Waals surface area contributed by atoms with Crippen LogP contribution in [0.25, 0.3) is 0 Å². The van der Waals surface area contributed by atoms with Crippen molar-refractivity contribution in [2.45, 2.75) is 13.8 Å². The lowest BCUT2D eigenvalue weighted by Gasteiger charge is -2.11. The number of nitrogens with one attached hydrogen (secondary N) is 1. The summed E-state index contributed by atoms with van der Waals surface area (Å²) >= 11 is 0. The fourth-order valence-corrected chi connectivity index (χ4v) is 1.70. The van der Waals surface area contributed by atoms with Crippen molar-refractivity contribution < 1.29 is 9.53 Å². The number of nitrogens with zero attached hydrogens (tertiary/aromatic N) is 1. The van der Waals surface area contributed by atoms with Gasteiger partial charge in [0.1, 0.15) is 5.75 Å². The van der Waals surface area contributed by atoms with Crippen LogP contribution in [0.15, 0.2) is 40.5 Å². The van der Waals surface area contributed by atoms with E-state index in [0.717, 1.165) is 11.3 Å². The third kappa shape index (κ3) is 4.12. The summed E-state index contributed by atoms with van der Waals surface area (Å²) in [5.41, 5.74) is 8.70. The van der Waals surface area contributed by atoms with Crippen LogP contribution in [0.2, 0.25) is 0 Å². The first-order chi connectivity index (χ1) is 9.49. The van der Waals surface area contributed by atoms with Crippen LogP contribution < -0.4 is 15.8 Å². The number of amides is 1. The Bertz CT molecular complexity index is 527. The number of benzene rings is 1. The van der Waals surface area contributed by atoms with E-state index in [4.69, 9.17) is 10.5 Å². The van der Waals surface area contributed by atoms with Gasteiger partial charge in [-0.15, -0.1) is 0 Å². The van der Waals surface area contributed by atoms with Crippen molar-refractivity contribution in [3.05, 3.63) is 41.1 Å². The Kier molecular flexibility index (Phi) is 5.77. The molecule has 0 atom stereocenters. The molecule has 3 N–H and O–H groups in total. The number of aliphatic imine (C=N–C) groups is 1. The van der Waals surface area contributed by atoms with Gasteiger partial charge < -0.3 is 15.8 Å². The molecule has 1 rings (SSSR count). The molecule has 20 heavy (non-hydrogen) atoms. The van der Waals surface area contributed by atoms with Crippen molar-refractivity contribution in [3.8, 4) is 5.75 Å². The Morgan fingerprint density at radius 3 is 2.35 bits per heavy atom. The number of hydrogen-bond acceptors (Lipinski definition) is 4. The predicted octanol–water partition coefficient (Wildman–Crippen LogP) is 1.75. The van der Waals surface area contributed by atoms with Crippen LogP contribution in [0, 0.1) is 0 Å². The number of allylic oxidation sites excluding steroid dienone is 1. The minimum absolute atomic E-state index is 0.157. The fourth-order valence-electron chi connectivity index (χ4n) is 1.70. The molecule has 0 aliphatic carbocycles. The van der Waals surface area contributed by atoms with Gasteiger partial charge in [0, 0.05) is 36.1 Å². The summed E-state index contributed by atoms with van der Waals surface area (Å²) < 4.78 is 5.05. The summed E-state index contributed by atoms with van der Waals surface area (Å²) in [5.74, 6) is 0.559. The molecule has 0 saturated heterocycles. The van der Waals surface area contributed by atoms with Gasteiger partial charge in [0.15, 0.2) is 0 Å². The first kappa shape index (κ1) is 15.8. The molecule has 1 amide bonds. The van der Waals surface area contributed by atoms with E-state index in [2.05, 4.69) is 10.3 Å². The molecule has 1 aromatic rings. The van der Waals surface area contributed by atoms with Crippen molar-refractivity contribution in [2.75, 3.05) is 20.7 Å². The minimum Gasteiger partial charge on any atom is -0.497 e. The third-order valence-corrected chi connectivity index (χ3v) is 3.03. The van der Waals surface area contributed by atoms with Gasteiger partial charge in [0.25, 0.3) is 5.91 Å². The van der Waals surface area contributed by atoms with Crippen molar-refractivity contribution in [3.63, 3.8) is 0 Å². The Morgan fingerprint density at radius 2 is 1.90 bits per heavy atom. The SMILES string of the molecule is CN=C(C)C(CNC(=O)c1ccc(OC)cc1)=C(C)N. The van der Waals surface area contributed by atoms with E-state index in [1.54, 1.807) is 45.3 Å². The van der Waals surface area contributed by atoms with Crippen LogP contribution in [0.4, 0.5) is 0 Å². The average Bonchev–Trinajstić information content (AvgIpc) is 2.46. The van der Waals surface area contributed by atoms with Crippen LogP contribution >= 0.6 is 0 Å². The lowest BCUT2D eigenvalue weighted by molar-refractivity contribution is 0.0957. The van der Waals surface area contributed by atoms with Crippen LogP contribution in [0.5, 0.6) is 5.75 Å². The van der Waals surface area contributed by atoms with E-state index >= 15 is 0 Å². The molecule has 0 heterocycles. The van der Waals surface area contributed by atoms with Gasteiger partial charge in [-0.1, -0.05) is 0 Å². The maximum absolute atomic E-state index is 12.0. The first-order valence-corrected chi connectivity index (χ1v) is 6.30. The molecule has 5 heteroatoms. The Morgan fingerprint density at radius 1 is 1.30 bits per heavy atom. The maximum atomic E-state index is 12.0. The summed E-state index contributed by atoms with van der Waals surface area (Å²) in [5, 5.41) is 2.83. The second-order valence-electron chi connectivity index (χ2n) is 4.38. The minimum atomic E-state index is -0.157. The molecule has 0 saturated carbocycles. The highest BCUT2D eigenvalue weighted by Gasteiger charge is 2.09. The molecule has 0 aliphatic rings. The number of carbonyl (C=O) groups excluding carboxylic acids is 1. The molecule has 0 fully saturated rings. The molecular weight excluding hydrogens is 254 g/mol. The van der Waals surface area contributed by atoms with E-state index in [0.29, 0.717) is 23.6 Å². The summed E-state index contributed by atoms with van der Waals surface area (Å²) in [6.07, 6.45) is 0. The van der Waals surface area contributed by atoms with Crippen molar-refractivity contribution in [1.82, 2.24) is 5.32 Å². The highest BCUT2D eigenvalue weighted by molar-refractivity contribution is 6.00. The van der Waals surface area contributed by atoms with E-state index in [-0.39, 0.29) is 5.91 Å². The summed E-state index contributed by atoms with van der Waals surface area (Å²) in [4.78, 5) is 16.1. The van der Waals surface area contributed by atoms with Crippen molar-refractivity contribution in [1.29, 1.82) is 0 Å².